The molecule has 0 aliphatic heterocycles. The number of carbonyl (C=O) groups is 1. The van der Waals surface area contributed by atoms with Crippen LogP contribution in [0.15, 0.2) is 4.90 Å². The van der Waals surface area contributed by atoms with Crippen molar-refractivity contribution >= 4 is 25.6 Å². The number of halogens is 4. The monoisotopic (exact) mass is 347 g/mol. The standard InChI is InChI=1S/C10H13ClF3N3O3S/c1-3-6-8(21(11,19)20)7(16-15-6)9(18)17(4-2)5-10(12,13)14/h3-5H2,1-2H3,(H,15,16). The molecule has 1 heterocycles. The van der Waals surface area contributed by atoms with Gasteiger partial charge in [0, 0.05) is 17.2 Å². The lowest BCUT2D eigenvalue weighted by Gasteiger charge is -2.21. The Morgan fingerprint density at radius 1 is 1.38 bits per heavy atom. The average Bonchev–Trinajstić information content (AvgIpc) is 2.77. The summed E-state index contributed by atoms with van der Waals surface area (Å²) in [7, 11) is 0.920. The fourth-order valence-corrected chi connectivity index (χ4v) is 3.06. The molecule has 1 rings (SSSR count). The van der Waals surface area contributed by atoms with Gasteiger partial charge in [-0.2, -0.15) is 18.3 Å². The molecule has 0 fully saturated rings. The van der Waals surface area contributed by atoms with E-state index in [2.05, 4.69) is 10.2 Å². The second-order valence-electron chi connectivity index (χ2n) is 4.11. The van der Waals surface area contributed by atoms with Crippen molar-refractivity contribution in [1.82, 2.24) is 15.1 Å². The second kappa shape index (κ2) is 6.22. The van der Waals surface area contributed by atoms with Gasteiger partial charge in [-0.05, 0) is 13.3 Å². The molecule has 0 bridgehead atoms. The predicted octanol–water partition coefficient (Wildman–Crippen LogP) is 1.92. The third kappa shape index (κ3) is 4.34. The zero-order chi connectivity index (χ0) is 16.4. The summed E-state index contributed by atoms with van der Waals surface area (Å²) in [4.78, 5) is 11.9. The van der Waals surface area contributed by atoms with E-state index in [1.807, 2.05) is 0 Å². The largest absolute Gasteiger partial charge is 0.406 e. The summed E-state index contributed by atoms with van der Waals surface area (Å²) in [6.45, 7) is 1.17. The highest BCUT2D eigenvalue weighted by Gasteiger charge is 2.36. The molecule has 1 aromatic heterocycles. The van der Waals surface area contributed by atoms with Crippen LogP contribution in [-0.4, -0.2) is 48.7 Å². The van der Waals surface area contributed by atoms with Gasteiger partial charge in [0.05, 0.1) is 5.69 Å². The number of nitrogens with one attached hydrogen (secondary N) is 1. The number of aromatic nitrogens is 2. The minimum absolute atomic E-state index is 0.0661. The molecular weight excluding hydrogens is 335 g/mol. The lowest BCUT2D eigenvalue weighted by atomic mass is 10.2. The lowest BCUT2D eigenvalue weighted by Crippen LogP contribution is -2.39. The van der Waals surface area contributed by atoms with Crippen molar-refractivity contribution < 1.29 is 26.4 Å². The number of hydrogen-bond acceptors (Lipinski definition) is 4. The number of aromatic amines is 1. The van der Waals surface area contributed by atoms with Gasteiger partial charge < -0.3 is 4.90 Å². The van der Waals surface area contributed by atoms with E-state index in [9.17, 15) is 26.4 Å². The molecule has 0 aromatic carbocycles. The van der Waals surface area contributed by atoms with E-state index in [1.165, 1.54) is 6.92 Å². The topological polar surface area (TPSA) is 83.1 Å². The van der Waals surface area contributed by atoms with Crippen LogP contribution >= 0.6 is 10.7 Å². The van der Waals surface area contributed by atoms with Gasteiger partial charge in [0.2, 0.25) is 0 Å². The Kier molecular flexibility index (Phi) is 5.26. The fourth-order valence-electron chi connectivity index (χ4n) is 1.71. The Labute approximate surface area is 123 Å². The van der Waals surface area contributed by atoms with Crippen LogP contribution in [-0.2, 0) is 15.5 Å². The van der Waals surface area contributed by atoms with Crippen LogP contribution in [0.25, 0.3) is 0 Å². The Bertz CT molecular complexity index is 627. The molecular formula is C10H13ClF3N3O3S. The Hall–Kier alpha value is -1.29. The van der Waals surface area contributed by atoms with E-state index >= 15 is 0 Å². The Balaban J connectivity index is 3.27. The first kappa shape index (κ1) is 17.8. The van der Waals surface area contributed by atoms with E-state index < -0.39 is 38.3 Å². The van der Waals surface area contributed by atoms with E-state index in [0.29, 0.717) is 4.90 Å². The maximum atomic E-state index is 12.4. The van der Waals surface area contributed by atoms with E-state index in [4.69, 9.17) is 10.7 Å². The van der Waals surface area contributed by atoms with Gasteiger partial charge in [0.15, 0.2) is 5.69 Å². The van der Waals surface area contributed by atoms with Crippen molar-refractivity contribution in [3.63, 3.8) is 0 Å². The molecule has 0 saturated carbocycles. The highest BCUT2D eigenvalue weighted by molar-refractivity contribution is 8.13. The van der Waals surface area contributed by atoms with Gasteiger partial charge in [-0.3, -0.25) is 9.89 Å². The molecule has 0 unspecified atom stereocenters. The molecule has 120 valence electrons. The summed E-state index contributed by atoms with van der Waals surface area (Å²) in [5.74, 6) is -1.15. The molecule has 21 heavy (non-hydrogen) atoms. The zero-order valence-electron chi connectivity index (χ0n) is 11.2. The summed E-state index contributed by atoms with van der Waals surface area (Å²) in [5.41, 5.74) is -0.565. The summed E-state index contributed by atoms with van der Waals surface area (Å²) >= 11 is 0. The van der Waals surface area contributed by atoms with Gasteiger partial charge in [0.25, 0.3) is 15.0 Å². The normalized spacial score (nSPS) is 12.5. The maximum absolute atomic E-state index is 12.4. The number of H-pyrrole nitrogens is 1. The van der Waals surface area contributed by atoms with Crippen LogP contribution in [0.4, 0.5) is 13.2 Å². The molecule has 0 radical (unpaired) electrons. The van der Waals surface area contributed by atoms with Crippen molar-refractivity contribution in [2.24, 2.45) is 0 Å². The van der Waals surface area contributed by atoms with Crippen LogP contribution in [0.1, 0.15) is 30.0 Å². The van der Waals surface area contributed by atoms with Crippen molar-refractivity contribution in [3.05, 3.63) is 11.4 Å². The third-order valence-electron chi connectivity index (χ3n) is 2.63. The fraction of sp³-hybridized carbons (Fsp3) is 0.600. The highest BCUT2D eigenvalue weighted by atomic mass is 35.7. The van der Waals surface area contributed by atoms with Crippen molar-refractivity contribution in [3.8, 4) is 0 Å². The van der Waals surface area contributed by atoms with Crippen molar-refractivity contribution in [2.45, 2.75) is 31.3 Å². The molecule has 1 aromatic rings. The number of amides is 1. The quantitative estimate of drug-likeness (QED) is 0.825. The van der Waals surface area contributed by atoms with Crippen LogP contribution in [0.3, 0.4) is 0 Å². The van der Waals surface area contributed by atoms with Gasteiger partial charge >= 0.3 is 6.18 Å². The molecule has 0 aliphatic carbocycles. The molecule has 1 N–H and O–H groups in total. The Morgan fingerprint density at radius 3 is 2.33 bits per heavy atom. The van der Waals surface area contributed by atoms with E-state index in [-0.39, 0.29) is 18.7 Å². The van der Waals surface area contributed by atoms with Crippen LogP contribution in [0.2, 0.25) is 0 Å². The number of aryl methyl sites for hydroxylation is 1. The number of rotatable bonds is 5. The third-order valence-corrected chi connectivity index (χ3v) is 4.02. The lowest BCUT2D eigenvalue weighted by molar-refractivity contribution is -0.140. The summed E-state index contributed by atoms with van der Waals surface area (Å²) < 4.78 is 60.2. The summed E-state index contributed by atoms with van der Waals surface area (Å²) in [6.07, 6.45) is -4.43. The first-order chi connectivity index (χ1) is 9.51. The second-order valence-corrected chi connectivity index (χ2v) is 6.61. The maximum Gasteiger partial charge on any atom is 0.406 e. The molecule has 0 atom stereocenters. The average molecular weight is 348 g/mol. The van der Waals surface area contributed by atoms with Crippen LogP contribution < -0.4 is 0 Å². The van der Waals surface area contributed by atoms with Gasteiger partial charge in [0.1, 0.15) is 11.4 Å². The first-order valence-electron chi connectivity index (χ1n) is 5.89. The predicted molar refractivity (Wildman–Crippen MR) is 68.6 cm³/mol. The minimum atomic E-state index is -4.60. The summed E-state index contributed by atoms with van der Waals surface area (Å²) in [5, 5.41) is 5.82. The highest BCUT2D eigenvalue weighted by Crippen LogP contribution is 2.25. The minimum Gasteiger partial charge on any atom is -0.328 e. The van der Waals surface area contributed by atoms with Gasteiger partial charge in [-0.15, -0.1) is 0 Å². The van der Waals surface area contributed by atoms with Crippen molar-refractivity contribution in [2.75, 3.05) is 13.1 Å². The van der Waals surface area contributed by atoms with Crippen LogP contribution in [0, 0.1) is 0 Å². The van der Waals surface area contributed by atoms with E-state index in [1.54, 1.807) is 6.92 Å². The van der Waals surface area contributed by atoms with E-state index in [0.717, 1.165) is 0 Å². The molecule has 0 saturated heterocycles. The zero-order valence-corrected chi connectivity index (χ0v) is 12.7. The number of alkyl halides is 3. The number of hydrogen-bond donors (Lipinski definition) is 1. The number of nitrogens with zero attached hydrogens (tertiary/aromatic N) is 2. The number of carbonyl (C=O) groups excluding carboxylic acids is 1. The molecule has 11 heteroatoms. The van der Waals surface area contributed by atoms with Crippen molar-refractivity contribution in [1.29, 1.82) is 0 Å². The molecule has 1 amide bonds. The molecule has 6 nitrogen and oxygen atoms in total. The smallest absolute Gasteiger partial charge is 0.328 e. The van der Waals surface area contributed by atoms with Crippen LogP contribution in [0.5, 0.6) is 0 Å². The molecule has 0 spiro atoms. The summed E-state index contributed by atoms with van der Waals surface area (Å²) in [6, 6.07) is 0. The molecule has 0 aliphatic rings. The SMILES string of the molecule is CCc1[nH]nc(C(=O)N(CC)CC(F)(F)F)c1S(=O)(=O)Cl. The Morgan fingerprint density at radius 2 is 1.95 bits per heavy atom. The van der Waals surface area contributed by atoms with Gasteiger partial charge in [-0.1, -0.05) is 6.92 Å². The first-order valence-corrected chi connectivity index (χ1v) is 8.20. The van der Waals surface area contributed by atoms with Gasteiger partial charge in [-0.25, -0.2) is 8.42 Å².